The number of pyridine rings is 2. The molecule has 5 atom stereocenters. The van der Waals surface area contributed by atoms with Gasteiger partial charge in [0.25, 0.3) is 0 Å². The SMILES string of the molecule is COc1nc2c3c(nc(-c4cccc5sc(N)c(C#N)c45)c(F)c3n1)OC1CNCC1N2C(C)c1cccnc1N.FC1CC2CCCN2C1. The predicted molar refractivity (Wildman–Crippen MR) is 189 cm³/mol. The van der Waals surface area contributed by atoms with Crippen molar-refractivity contribution in [2.75, 3.05) is 49.7 Å². The lowest BCUT2D eigenvalue weighted by Gasteiger charge is -2.36. The molecule has 0 radical (unpaired) electrons. The Bertz CT molecular complexity index is 2150. The summed E-state index contributed by atoms with van der Waals surface area (Å²) >= 11 is 1.27. The number of nitrogen functional groups attached to an aromatic ring is 2. The van der Waals surface area contributed by atoms with Gasteiger partial charge in [0.1, 0.15) is 51.6 Å². The minimum absolute atomic E-state index is 0.000360. The molecule has 12 nitrogen and oxygen atoms in total. The van der Waals surface area contributed by atoms with Crippen molar-refractivity contribution in [3.05, 3.63) is 53.5 Å². The molecule has 4 aliphatic heterocycles. The fraction of sp³-hybridized carbons (Fsp3) is 0.400. The van der Waals surface area contributed by atoms with Gasteiger partial charge >= 0.3 is 6.01 Å². The zero-order chi connectivity index (χ0) is 34.7. The van der Waals surface area contributed by atoms with Crippen molar-refractivity contribution >= 4 is 49.0 Å². The summed E-state index contributed by atoms with van der Waals surface area (Å²) in [6, 6.07) is 11.3. The molecule has 9 rings (SSSR count). The van der Waals surface area contributed by atoms with Crippen molar-refractivity contribution in [3.8, 4) is 29.2 Å². The highest BCUT2D eigenvalue weighted by atomic mass is 32.1. The molecule has 4 aromatic heterocycles. The van der Waals surface area contributed by atoms with E-state index in [9.17, 15) is 9.65 Å². The van der Waals surface area contributed by atoms with Gasteiger partial charge in [-0.25, -0.2) is 18.7 Å². The second-order valence-corrected chi connectivity index (χ2v) is 14.1. The number of alkyl halides is 1. The van der Waals surface area contributed by atoms with E-state index < -0.39 is 12.0 Å². The van der Waals surface area contributed by atoms with Crippen LogP contribution in [0.1, 0.15) is 43.4 Å². The van der Waals surface area contributed by atoms with Crippen LogP contribution in [0.3, 0.4) is 0 Å². The third-order valence-corrected chi connectivity index (χ3v) is 11.2. The van der Waals surface area contributed by atoms with Crippen molar-refractivity contribution in [2.24, 2.45) is 0 Å². The highest BCUT2D eigenvalue weighted by molar-refractivity contribution is 7.23. The monoisotopic (exact) mass is 698 g/mol. The van der Waals surface area contributed by atoms with Crippen LogP contribution in [0.4, 0.5) is 25.4 Å². The summed E-state index contributed by atoms with van der Waals surface area (Å²) in [5.41, 5.74) is 13.9. The normalized spacial score (nSPS) is 23.1. The summed E-state index contributed by atoms with van der Waals surface area (Å²) in [6.07, 6.45) is 4.11. The molecule has 0 aliphatic carbocycles. The summed E-state index contributed by atoms with van der Waals surface area (Å²) in [4.78, 5) is 22.5. The lowest BCUT2D eigenvalue weighted by Crippen LogP contribution is -2.46. The maximum absolute atomic E-state index is 16.7. The van der Waals surface area contributed by atoms with E-state index in [4.69, 9.17) is 30.9 Å². The Hall–Kier alpha value is -4.91. The first-order valence-electron chi connectivity index (χ1n) is 16.7. The van der Waals surface area contributed by atoms with Gasteiger partial charge < -0.3 is 31.2 Å². The summed E-state index contributed by atoms with van der Waals surface area (Å²) in [5, 5.41) is 14.5. The molecule has 5 aromatic rings. The average molecular weight is 699 g/mol. The zero-order valence-electron chi connectivity index (χ0n) is 27.6. The number of ether oxygens (including phenoxy) is 2. The number of benzene rings is 1. The van der Waals surface area contributed by atoms with Crippen LogP contribution >= 0.6 is 11.3 Å². The summed E-state index contributed by atoms with van der Waals surface area (Å²) in [5.74, 6) is 0.318. The van der Waals surface area contributed by atoms with E-state index in [0.717, 1.165) is 23.2 Å². The van der Waals surface area contributed by atoms with Gasteiger partial charge in [-0.05, 0) is 44.9 Å². The first-order chi connectivity index (χ1) is 24.3. The molecule has 3 saturated heterocycles. The van der Waals surface area contributed by atoms with Gasteiger partial charge in [0.05, 0.1) is 24.8 Å². The Morgan fingerprint density at radius 3 is 2.80 bits per heavy atom. The third-order valence-electron chi connectivity index (χ3n) is 10.2. The van der Waals surface area contributed by atoms with E-state index in [-0.39, 0.29) is 46.9 Å². The van der Waals surface area contributed by atoms with Gasteiger partial charge in [0.15, 0.2) is 5.82 Å². The van der Waals surface area contributed by atoms with E-state index >= 15 is 4.39 Å². The number of thiophene rings is 1. The molecule has 5 unspecified atom stereocenters. The number of anilines is 3. The van der Waals surface area contributed by atoms with Crippen LogP contribution in [0, 0.1) is 17.1 Å². The van der Waals surface area contributed by atoms with Crippen LogP contribution in [0.5, 0.6) is 11.9 Å². The smallest absolute Gasteiger partial charge is 0.318 e. The van der Waals surface area contributed by atoms with Crippen LogP contribution in [-0.4, -0.2) is 82.5 Å². The topological polar surface area (TPSA) is 164 Å². The number of hydrogen-bond acceptors (Lipinski definition) is 13. The molecule has 0 spiro atoms. The molecule has 0 bridgehead atoms. The fourth-order valence-corrected chi connectivity index (χ4v) is 8.84. The zero-order valence-corrected chi connectivity index (χ0v) is 28.4. The van der Waals surface area contributed by atoms with Crippen LogP contribution in [0.25, 0.3) is 32.2 Å². The van der Waals surface area contributed by atoms with Gasteiger partial charge in [-0.1, -0.05) is 18.2 Å². The van der Waals surface area contributed by atoms with E-state index in [1.165, 1.54) is 31.3 Å². The van der Waals surface area contributed by atoms with Crippen molar-refractivity contribution in [3.63, 3.8) is 0 Å². The van der Waals surface area contributed by atoms with Gasteiger partial charge in [-0.3, -0.25) is 4.90 Å². The van der Waals surface area contributed by atoms with Crippen molar-refractivity contribution < 1.29 is 18.3 Å². The first-order valence-corrected chi connectivity index (χ1v) is 17.5. The summed E-state index contributed by atoms with van der Waals surface area (Å²) in [6.45, 7) is 4.98. The molecule has 3 fully saturated rings. The van der Waals surface area contributed by atoms with Crippen LogP contribution in [0.15, 0.2) is 36.5 Å². The maximum Gasteiger partial charge on any atom is 0.318 e. The maximum atomic E-state index is 16.7. The number of nitrogens with zero attached hydrogens (tertiary/aromatic N) is 7. The number of nitrogens with two attached hydrogens (primary N) is 2. The molecule has 0 saturated carbocycles. The van der Waals surface area contributed by atoms with E-state index in [1.54, 1.807) is 18.3 Å². The van der Waals surface area contributed by atoms with E-state index in [2.05, 4.69) is 31.2 Å². The number of rotatable bonds is 4. The second kappa shape index (κ2) is 12.8. The number of methoxy groups -OCH3 is 1. The molecule has 50 heavy (non-hydrogen) atoms. The van der Waals surface area contributed by atoms with Gasteiger partial charge in [-0.2, -0.15) is 15.2 Å². The number of nitrogens with one attached hydrogen (secondary N) is 1. The van der Waals surface area contributed by atoms with E-state index in [0.29, 0.717) is 58.6 Å². The fourth-order valence-electron chi connectivity index (χ4n) is 7.89. The van der Waals surface area contributed by atoms with Gasteiger partial charge in [0.2, 0.25) is 5.88 Å². The quantitative estimate of drug-likeness (QED) is 0.231. The lowest BCUT2D eigenvalue weighted by atomic mass is 10.0. The minimum Gasteiger partial charge on any atom is -0.470 e. The Labute approximate surface area is 291 Å². The molecule has 258 valence electrons. The van der Waals surface area contributed by atoms with Crippen molar-refractivity contribution in [1.82, 2.24) is 30.2 Å². The lowest BCUT2D eigenvalue weighted by molar-refractivity contribution is 0.195. The van der Waals surface area contributed by atoms with Crippen LogP contribution < -0.4 is 31.2 Å². The van der Waals surface area contributed by atoms with Crippen LogP contribution in [0.2, 0.25) is 0 Å². The largest absolute Gasteiger partial charge is 0.470 e. The summed E-state index contributed by atoms with van der Waals surface area (Å²) < 4.78 is 42.0. The number of fused-ring (bicyclic) bond motifs is 3. The number of halogens is 2. The third kappa shape index (κ3) is 5.29. The minimum atomic E-state index is -0.686. The van der Waals surface area contributed by atoms with Crippen molar-refractivity contribution in [2.45, 2.75) is 56.6 Å². The molecule has 8 heterocycles. The standard InChI is InChI=1S/C28H24FN9O2S.C7H12FN/c1-12(13-6-4-8-34-24(13)31)38-16-10-33-11-17(16)40-27-20-23(36-28(39-2)37-26(20)38)21(29)22(35-27)14-5-3-7-18-19(14)15(9-30)25(32)41-18;8-6-4-7-2-1-3-9(7)5-6/h3-8,12,16-17,33H,10-11,32H2,1-2H3,(H2,31,34);6-7H,1-5H2. The number of aromatic nitrogens is 4. The Morgan fingerprint density at radius 2 is 2.02 bits per heavy atom. The Morgan fingerprint density at radius 1 is 1.16 bits per heavy atom. The molecule has 5 N–H and O–H groups in total. The second-order valence-electron chi connectivity index (χ2n) is 13.0. The highest BCUT2D eigenvalue weighted by Gasteiger charge is 2.43. The molecular formula is C35H36F2N10O2S. The van der Waals surface area contributed by atoms with Gasteiger partial charge in [-0.15, -0.1) is 11.3 Å². The number of nitriles is 1. The highest BCUT2D eigenvalue weighted by Crippen LogP contribution is 2.47. The van der Waals surface area contributed by atoms with Crippen molar-refractivity contribution in [1.29, 1.82) is 5.26 Å². The predicted octanol–water partition coefficient (Wildman–Crippen LogP) is 4.98. The Kier molecular flexibility index (Phi) is 8.25. The summed E-state index contributed by atoms with van der Waals surface area (Å²) in [7, 11) is 1.43. The molecule has 0 amide bonds. The first kappa shape index (κ1) is 32.3. The Balaban J connectivity index is 0.000000346. The molecule has 4 aliphatic rings. The molecule has 15 heteroatoms. The average Bonchev–Trinajstić information content (AvgIpc) is 3.89. The number of hydrogen-bond donors (Lipinski definition) is 3. The van der Waals surface area contributed by atoms with E-state index in [1.807, 2.05) is 25.1 Å². The molecule has 1 aromatic carbocycles. The van der Waals surface area contributed by atoms with Crippen LogP contribution in [-0.2, 0) is 0 Å². The molecular weight excluding hydrogens is 663 g/mol. The van der Waals surface area contributed by atoms with Gasteiger partial charge in [0, 0.05) is 53.1 Å².